The summed E-state index contributed by atoms with van der Waals surface area (Å²) in [7, 11) is -3.91. The predicted octanol–water partition coefficient (Wildman–Crippen LogP) is 1.34. The molecule has 0 aliphatic rings. The zero-order chi connectivity index (χ0) is 16.0. The number of rotatable bonds is 6. The van der Waals surface area contributed by atoms with Crippen LogP contribution in [0.15, 0.2) is 40.9 Å². The largest absolute Gasteiger partial charge is 0.463 e. The van der Waals surface area contributed by atoms with Crippen LogP contribution < -0.4 is 4.72 Å². The van der Waals surface area contributed by atoms with Crippen molar-refractivity contribution in [3.8, 4) is 0 Å². The van der Waals surface area contributed by atoms with Crippen LogP contribution in [0, 0.1) is 10.1 Å². The summed E-state index contributed by atoms with van der Waals surface area (Å²) in [6.07, 6.45) is 1.01. The molecule has 0 aliphatic carbocycles. The third-order valence-corrected chi connectivity index (χ3v) is 3.76. The van der Waals surface area contributed by atoms with Crippen molar-refractivity contribution >= 4 is 21.7 Å². The van der Waals surface area contributed by atoms with Gasteiger partial charge in [-0.15, -0.1) is 0 Å². The fourth-order valence-corrected chi connectivity index (χ4v) is 2.50. The topological polar surface area (TPSA) is 116 Å². The minimum Gasteiger partial charge on any atom is -0.463 e. The van der Waals surface area contributed by atoms with E-state index in [-0.39, 0.29) is 22.9 Å². The zero-order valence-corrected chi connectivity index (χ0v) is 12.2. The van der Waals surface area contributed by atoms with Crippen LogP contribution >= 0.6 is 0 Å². The summed E-state index contributed by atoms with van der Waals surface area (Å²) in [5.74, 6) is -0.665. The van der Waals surface area contributed by atoms with Gasteiger partial charge in [-0.2, -0.15) is 0 Å². The molecular formula is C12H14N2O6S. The van der Waals surface area contributed by atoms with Gasteiger partial charge in [0.2, 0.25) is 0 Å². The summed E-state index contributed by atoms with van der Waals surface area (Å²) in [5, 5.41) is 10.5. The number of nitro benzene ring substituents is 1. The standard InChI is InChI=1S/C12H14N2O6S/c1-3-20-12(15)8-9(2)13-21(18,19)11-6-4-10(5-7-11)14(16)17/h4-8,13H,3H2,1-2H3/b9-8+. The van der Waals surface area contributed by atoms with Crippen molar-refractivity contribution in [2.75, 3.05) is 6.61 Å². The Bertz CT molecular complexity index is 663. The van der Waals surface area contributed by atoms with Crippen molar-refractivity contribution in [3.63, 3.8) is 0 Å². The number of hydrogen-bond donors (Lipinski definition) is 1. The second kappa shape index (κ2) is 6.84. The second-order valence-electron chi connectivity index (χ2n) is 3.94. The van der Waals surface area contributed by atoms with Gasteiger partial charge in [-0.25, -0.2) is 13.2 Å². The number of hydrogen-bond acceptors (Lipinski definition) is 6. The van der Waals surface area contributed by atoms with Gasteiger partial charge >= 0.3 is 5.97 Å². The number of nitrogens with one attached hydrogen (secondary N) is 1. The number of ether oxygens (including phenoxy) is 1. The van der Waals surface area contributed by atoms with Crippen LogP contribution in [0.3, 0.4) is 0 Å². The summed E-state index contributed by atoms with van der Waals surface area (Å²) >= 11 is 0. The Morgan fingerprint density at radius 2 is 1.95 bits per heavy atom. The molecule has 0 bridgehead atoms. The lowest BCUT2D eigenvalue weighted by Gasteiger charge is -2.08. The Morgan fingerprint density at radius 3 is 2.43 bits per heavy atom. The molecule has 0 fully saturated rings. The molecule has 0 unspecified atom stereocenters. The van der Waals surface area contributed by atoms with Crippen molar-refractivity contribution in [2.45, 2.75) is 18.7 Å². The number of esters is 1. The molecule has 1 rings (SSSR count). The van der Waals surface area contributed by atoms with Crippen LogP contribution in [-0.2, 0) is 19.6 Å². The molecule has 1 aromatic rings. The van der Waals surface area contributed by atoms with E-state index < -0.39 is 20.9 Å². The second-order valence-corrected chi connectivity index (χ2v) is 5.62. The van der Waals surface area contributed by atoms with Crippen LogP contribution in [-0.4, -0.2) is 25.9 Å². The fourth-order valence-electron chi connectivity index (χ4n) is 1.41. The molecule has 0 amide bonds. The first-order valence-electron chi connectivity index (χ1n) is 5.88. The van der Waals surface area contributed by atoms with E-state index in [4.69, 9.17) is 0 Å². The Morgan fingerprint density at radius 1 is 1.38 bits per heavy atom. The Balaban J connectivity index is 2.91. The highest BCUT2D eigenvalue weighted by Gasteiger charge is 2.16. The van der Waals surface area contributed by atoms with Gasteiger partial charge in [0.15, 0.2) is 0 Å². The highest BCUT2D eigenvalue weighted by molar-refractivity contribution is 7.89. The molecule has 21 heavy (non-hydrogen) atoms. The molecule has 0 aromatic heterocycles. The lowest BCUT2D eigenvalue weighted by atomic mass is 10.3. The minimum atomic E-state index is -3.91. The van der Waals surface area contributed by atoms with Crippen LogP contribution in [0.4, 0.5) is 5.69 Å². The molecule has 1 aromatic carbocycles. The first-order chi connectivity index (χ1) is 9.76. The van der Waals surface area contributed by atoms with Crippen molar-refractivity contribution in [3.05, 3.63) is 46.2 Å². The summed E-state index contributed by atoms with van der Waals surface area (Å²) in [4.78, 5) is 20.9. The molecule has 0 saturated carbocycles. The number of nitrogens with zero attached hydrogens (tertiary/aromatic N) is 1. The maximum Gasteiger partial charge on any atom is 0.332 e. The lowest BCUT2D eigenvalue weighted by Crippen LogP contribution is -2.22. The Hall–Kier alpha value is -2.42. The van der Waals surface area contributed by atoms with E-state index in [9.17, 15) is 23.3 Å². The molecule has 0 aliphatic heterocycles. The van der Waals surface area contributed by atoms with Crippen LogP contribution in [0.25, 0.3) is 0 Å². The van der Waals surface area contributed by atoms with E-state index in [1.165, 1.54) is 6.92 Å². The number of allylic oxidation sites excluding steroid dienone is 1. The monoisotopic (exact) mass is 314 g/mol. The van der Waals surface area contributed by atoms with Gasteiger partial charge in [0.05, 0.1) is 16.4 Å². The maximum absolute atomic E-state index is 12.0. The number of non-ortho nitro benzene ring substituents is 1. The van der Waals surface area contributed by atoms with Gasteiger partial charge < -0.3 is 4.74 Å². The van der Waals surface area contributed by atoms with E-state index in [0.29, 0.717) is 0 Å². The highest BCUT2D eigenvalue weighted by atomic mass is 32.2. The van der Waals surface area contributed by atoms with Gasteiger partial charge in [0.1, 0.15) is 0 Å². The van der Waals surface area contributed by atoms with E-state index >= 15 is 0 Å². The molecule has 1 N–H and O–H groups in total. The SMILES string of the molecule is CCOC(=O)/C=C(\C)NS(=O)(=O)c1ccc([N+](=O)[O-])cc1. The van der Waals surface area contributed by atoms with Crippen molar-refractivity contribution in [1.82, 2.24) is 4.72 Å². The average molecular weight is 314 g/mol. The Labute approximate surface area is 121 Å². The smallest absolute Gasteiger partial charge is 0.332 e. The van der Waals surface area contributed by atoms with Gasteiger partial charge in [-0.1, -0.05) is 0 Å². The molecule has 9 heteroatoms. The molecule has 0 spiro atoms. The number of benzene rings is 1. The Kier molecular flexibility index (Phi) is 5.42. The van der Waals surface area contributed by atoms with Crippen molar-refractivity contribution in [2.24, 2.45) is 0 Å². The average Bonchev–Trinajstić information content (AvgIpc) is 2.38. The molecule has 114 valence electrons. The molecule has 8 nitrogen and oxygen atoms in total. The van der Waals surface area contributed by atoms with Gasteiger partial charge in [0, 0.05) is 23.9 Å². The van der Waals surface area contributed by atoms with Crippen LogP contribution in [0.2, 0.25) is 0 Å². The predicted molar refractivity (Wildman–Crippen MR) is 73.8 cm³/mol. The zero-order valence-electron chi connectivity index (χ0n) is 11.4. The number of carbonyl (C=O) groups is 1. The number of carbonyl (C=O) groups excluding carboxylic acids is 1. The first kappa shape index (κ1) is 16.6. The third kappa shape index (κ3) is 4.88. The summed E-state index contributed by atoms with van der Waals surface area (Å²) in [6.45, 7) is 3.19. The van der Waals surface area contributed by atoms with Crippen molar-refractivity contribution in [1.29, 1.82) is 0 Å². The van der Waals surface area contributed by atoms with Crippen molar-refractivity contribution < 1.29 is 22.9 Å². The first-order valence-corrected chi connectivity index (χ1v) is 7.37. The molecule has 0 heterocycles. The van der Waals surface area contributed by atoms with E-state index in [0.717, 1.165) is 30.3 Å². The molecule has 0 radical (unpaired) electrons. The third-order valence-electron chi connectivity index (χ3n) is 2.27. The van der Waals surface area contributed by atoms with E-state index in [2.05, 4.69) is 9.46 Å². The number of sulfonamides is 1. The fraction of sp³-hybridized carbons (Fsp3) is 0.250. The maximum atomic E-state index is 12.0. The molecule has 0 atom stereocenters. The summed E-state index contributed by atoms with van der Waals surface area (Å²) in [6, 6.07) is 4.38. The van der Waals surface area contributed by atoms with Gasteiger partial charge in [-0.05, 0) is 26.0 Å². The number of nitro groups is 1. The summed E-state index contributed by atoms with van der Waals surface area (Å²) in [5.41, 5.74) is -0.139. The molecule has 0 saturated heterocycles. The summed E-state index contributed by atoms with van der Waals surface area (Å²) < 4.78 is 30.8. The highest BCUT2D eigenvalue weighted by Crippen LogP contribution is 2.16. The van der Waals surface area contributed by atoms with Gasteiger partial charge in [0.25, 0.3) is 15.7 Å². The van der Waals surface area contributed by atoms with E-state index in [1.807, 2.05) is 0 Å². The molecular weight excluding hydrogens is 300 g/mol. The van der Waals surface area contributed by atoms with E-state index in [1.54, 1.807) is 6.92 Å². The van der Waals surface area contributed by atoms with Crippen LogP contribution in [0.5, 0.6) is 0 Å². The van der Waals surface area contributed by atoms with Crippen LogP contribution in [0.1, 0.15) is 13.8 Å². The lowest BCUT2D eigenvalue weighted by molar-refractivity contribution is -0.384. The quantitative estimate of drug-likeness (QED) is 0.366. The van der Waals surface area contributed by atoms with Gasteiger partial charge in [-0.3, -0.25) is 14.8 Å². The normalized spacial score (nSPS) is 11.8. The minimum absolute atomic E-state index is 0.0757.